The minimum Gasteiger partial charge on any atom is -0.493 e. The molecule has 0 atom stereocenters. The van der Waals surface area contributed by atoms with E-state index in [4.69, 9.17) is 9.47 Å². The lowest BCUT2D eigenvalue weighted by Gasteiger charge is -2.23. The number of imide groups is 1. The van der Waals surface area contributed by atoms with Crippen LogP contribution in [0.1, 0.15) is 43.0 Å². The molecule has 1 heterocycles. The van der Waals surface area contributed by atoms with Gasteiger partial charge in [0.05, 0.1) is 24.5 Å². The Morgan fingerprint density at radius 3 is 2.17 bits per heavy atom. The Labute approximate surface area is 202 Å². The van der Waals surface area contributed by atoms with Gasteiger partial charge in [-0.1, -0.05) is 42.5 Å². The molecule has 0 N–H and O–H groups in total. The van der Waals surface area contributed by atoms with Gasteiger partial charge < -0.3 is 9.47 Å². The number of aryl methyl sites for hydroxylation is 2. The van der Waals surface area contributed by atoms with Gasteiger partial charge in [0.1, 0.15) is 6.61 Å². The molecular formula is C29H22N2O4. The summed E-state index contributed by atoms with van der Waals surface area (Å²) in [6.07, 6.45) is 3.36. The van der Waals surface area contributed by atoms with Crippen molar-refractivity contribution in [2.24, 2.45) is 5.10 Å². The molecule has 0 saturated carbocycles. The zero-order valence-electron chi connectivity index (χ0n) is 19.2. The van der Waals surface area contributed by atoms with Gasteiger partial charge in [0.2, 0.25) is 0 Å². The number of ether oxygens (including phenoxy) is 2. The molecule has 0 unspecified atom stereocenters. The Bertz CT molecular complexity index is 1470. The third kappa shape index (κ3) is 3.54. The average molecular weight is 463 g/mol. The van der Waals surface area contributed by atoms with Gasteiger partial charge in [0.25, 0.3) is 11.8 Å². The zero-order valence-corrected chi connectivity index (χ0v) is 19.2. The third-order valence-corrected chi connectivity index (χ3v) is 6.59. The normalized spacial score (nSPS) is 14.3. The number of carbonyl (C=O) groups is 2. The Kier molecular flexibility index (Phi) is 5.07. The van der Waals surface area contributed by atoms with Gasteiger partial charge in [-0.15, -0.1) is 0 Å². The van der Waals surface area contributed by atoms with Crippen LogP contribution < -0.4 is 9.47 Å². The summed E-state index contributed by atoms with van der Waals surface area (Å²) in [5.41, 5.74) is 5.14. The maximum atomic E-state index is 13.2. The van der Waals surface area contributed by atoms with E-state index >= 15 is 0 Å². The number of methoxy groups -OCH3 is 1. The highest BCUT2D eigenvalue weighted by atomic mass is 16.5. The van der Waals surface area contributed by atoms with Crippen LogP contribution in [0.5, 0.6) is 11.5 Å². The summed E-state index contributed by atoms with van der Waals surface area (Å²) in [5.74, 6) is 0.305. The molecule has 0 bridgehead atoms. The lowest BCUT2D eigenvalue weighted by Crippen LogP contribution is -2.36. The number of nitrogens with zero attached hydrogens (tertiary/aromatic N) is 2. The van der Waals surface area contributed by atoms with Crippen LogP contribution >= 0.6 is 0 Å². The molecule has 0 saturated heterocycles. The van der Waals surface area contributed by atoms with Crippen molar-refractivity contribution in [1.82, 2.24) is 5.01 Å². The Morgan fingerprint density at radius 1 is 0.829 bits per heavy atom. The van der Waals surface area contributed by atoms with E-state index in [1.165, 1.54) is 17.3 Å². The summed E-state index contributed by atoms with van der Waals surface area (Å²) in [6.45, 7) is 0.413. The van der Waals surface area contributed by atoms with Gasteiger partial charge in [-0.3, -0.25) is 9.59 Å². The van der Waals surface area contributed by atoms with Gasteiger partial charge in [-0.2, -0.15) is 10.1 Å². The molecule has 0 aromatic heterocycles. The first-order valence-electron chi connectivity index (χ1n) is 11.5. The van der Waals surface area contributed by atoms with E-state index in [-0.39, 0.29) is 0 Å². The van der Waals surface area contributed by atoms with E-state index < -0.39 is 11.8 Å². The van der Waals surface area contributed by atoms with Crippen molar-refractivity contribution in [1.29, 1.82) is 0 Å². The van der Waals surface area contributed by atoms with Gasteiger partial charge in [0.15, 0.2) is 11.5 Å². The van der Waals surface area contributed by atoms with Crippen LogP contribution in [0.15, 0.2) is 77.9 Å². The fraction of sp³-hybridized carbons (Fsp3) is 0.138. The Balaban J connectivity index is 1.27. The minimum atomic E-state index is -0.413. The van der Waals surface area contributed by atoms with E-state index in [1.54, 1.807) is 25.3 Å². The second-order valence-electron chi connectivity index (χ2n) is 8.65. The first-order valence-corrected chi connectivity index (χ1v) is 11.5. The topological polar surface area (TPSA) is 68.2 Å². The maximum Gasteiger partial charge on any atom is 0.282 e. The number of benzene rings is 4. The summed E-state index contributed by atoms with van der Waals surface area (Å²) in [7, 11) is 1.57. The van der Waals surface area contributed by atoms with Gasteiger partial charge in [-0.25, -0.2) is 0 Å². The third-order valence-electron chi connectivity index (χ3n) is 6.59. The van der Waals surface area contributed by atoms with Crippen LogP contribution in [0.3, 0.4) is 0 Å². The Morgan fingerprint density at radius 2 is 1.51 bits per heavy atom. The van der Waals surface area contributed by atoms with E-state index in [0.29, 0.717) is 34.8 Å². The first-order chi connectivity index (χ1) is 17.1. The molecule has 1 aliphatic carbocycles. The fourth-order valence-corrected chi connectivity index (χ4v) is 4.85. The summed E-state index contributed by atoms with van der Waals surface area (Å²) in [4.78, 5) is 26.4. The van der Waals surface area contributed by atoms with Crippen LogP contribution in [0, 0.1) is 0 Å². The largest absolute Gasteiger partial charge is 0.493 e. The number of hydrogen-bond donors (Lipinski definition) is 0. The predicted octanol–water partition coefficient (Wildman–Crippen LogP) is 5.16. The average Bonchev–Trinajstić information content (AvgIpc) is 3.32. The van der Waals surface area contributed by atoms with Crippen LogP contribution in [-0.4, -0.2) is 30.1 Å². The van der Waals surface area contributed by atoms with Crippen LogP contribution in [0.25, 0.3) is 10.8 Å². The Hall–Kier alpha value is -4.45. The molecule has 6 nitrogen and oxygen atoms in total. The molecule has 2 amide bonds. The second kappa shape index (κ2) is 8.40. The lowest BCUT2D eigenvalue weighted by molar-refractivity contribution is 0.0616. The highest BCUT2D eigenvalue weighted by Gasteiger charge is 2.35. The summed E-state index contributed by atoms with van der Waals surface area (Å²) in [6, 6.07) is 22.8. The SMILES string of the molecule is COc1cc(/C=N\N2C(=O)c3ccc4c5c(ccc(c35)C2=O)CC4)ccc1OCc1ccccc1. The van der Waals surface area contributed by atoms with Crippen LogP contribution in [-0.2, 0) is 19.4 Å². The van der Waals surface area contributed by atoms with Crippen molar-refractivity contribution in [2.45, 2.75) is 19.4 Å². The first kappa shape index (κ1) is 21.1. The molecule has 4 aromatic rings. The van der Waals surface area contributed by atoms with Crippen LogP contribution in [0.2, 0.25) is 0 Å². The van der Waals surface area contributed by atoms with Crippen molar-refractivity contribution in [3.05, 3.63) is 106 Å². The van der Waals surface area contributed by atoms with E-state index in [0.717, 1.165) is 34.2 Å². The molecule has 4 aromatic carbocycles. The molecule has 172 valence electrons. The van der Waals surface area contributed by atoms with E-state index in [9.17, 15) is 9.59 Å². The summed E-state index contributed by atoms with van der Waals surface area (Å²) in [5, 5.41) is 7.04. The van der Waals surface area contributed by atoms with Gasteiger partial charge >= 0.3 is 0 Å². The zero-order chi connectivity index (χ0) is 23.9. The quantitative estimate of drug-likeness (QED) is 0.293. The standard InChI is InChI=1S/C29H22N2O4/c1-34-25-15-19(7-14-24(25)35-17-18-5-3-2-4-6-18)16-30-31-28(32)22-12-10-20-8-9-21-11-13-23(29(31)33)27(22)26(20)21/h2-7,10-16H,8-9,17H2,1H3/b30-16-. The van der Waals surface area contributed by atoms with E-state index in [1.807, 2.05) is 54.6 Å². The predicted molar refractivity (Wildman–Crippen MR) is 133 cm³/mol. The number of hydrogen-bond acceptors (Lipinski definition) is 5. The number of hydrazone groups is 1. The molecule has 1 aliphatic heterocycles. The summed E-state index contributed by atoms with van der Waals surface area (Å²) < 4.78 is 11.4. The monoisotopic (exact) mass is 462 g/mol. The number of rotatable bonds is 6. The van der Waals surface area contributed by atoms with Crippen molar-refractivity contribution in [3.8, 4) is 11.5 Å². The molecule has 0 spiro atoms. The van der Waals surface area contributed by atoms with Gasteiger partial charge in [-0.05, 0) is 70.8 Å². The highest BCUT2D eigenvalue weighted by Crippen LogP contribution is 2.38. The molecule has 0 radical (unpaired) electrons. The highest BCUT2D eigenvalue weighted by molar-refractivity contribution is 6.26. The molecule has 0 fully saturated rings. The fourth-order valence-electron chi connectivity index (χ4n) is 4.85. The lowest BCUT2D eigenvalue weighted by atomic mass is 9.92. The number of amides is 2. The van der Waals surface area contributed by atoms with Gasteiger partial charge in [0, 0.05) is 5.39 Å². The van der Waals surface area contributed by atoms with Crippen LogP contribution in [0.4, 0.5) is 0 Å². The molecular weight excluding hydrogens is 440 g/mol. The molecule has 2 aliphatic rings. The van der Waals surface area contributed by atoms with E-state index in [2.05, 4.69) is 5.10 Å². The van der Waals surface area contributed by atoms with Crippen molar-refractivity contribution < 1.29 is 19.1 Å². The van der Waals surface area contributed by atoms with Crippen molar-refractivity contribution in [3.63, 3.8) is 0 Å². The summed E-state index contributed by atoms with van der Waals surface area (Å²) >= 11 is 0. The molecule has 35 heavy (non-hydrogen) atoms. The van der Waals surface area contributed by atoms with Crippen molar-refractivity contribution >= 4 is 28.8 Å². The molecule has 6 rings (SSSR count). The minimum absolute atomic E-state index is 0.413. The second-order valence-corrected chi connectivity index (χ2v) is 8.65. The maximum absolute atomic E-state index is 13.2. The number of carbonyl (C=O) groups excluding carboxylic acids is 2. The smallest absolute Gasteiger partial charge is 0.282 e. The van der Waals surface area contributed by atoms with Crippen molar-refractivity contribution in [2.75, 3.05) is 7.11 Å². The molecule has 6 heteroatoms.